The normalized spacial score (nSPS) is 18.7. The van der Waals surface area contributed by atoms with Crippen molar-refractivity contribution in [2.75, 3.05) is 0 Å². The Morgan fingerprint density at radius 3 is 2.52 bits per heavy atom. The Bertz CT molecular complexity index is 969. The molecule has 0 spiro atoms. The van der Waals surface area contributed by atoms with E-state index in [1.807, 2.05) is 18.2 Å². The number of aromatic carboxylic acids is 1. The fourth-order valence-electron chi connectivity index (χ4n) is 4.55. The van der Waals surface area contributed by atoms with E-state index in [1.165, 1.54) is 11.1 Å². The first-order chi connectivity index (χ1) is 12.0. The van der Waals surface area contributed by atoms with Crippen molar-refractivity contribution in [1.82, 2.24) is 0 Å². The van der Waals surface area contributed by atoms with E-state index in [9.17, 15) is 9.90 Å². The second-order valence-corrected chi connectivity index (χ2v) is 7.70. The summed E-state index contributed by atoms with van der Waals surface area (Å²) in [4.78, 5) is 11.9. The van der Waals surface area contributed by atoms with Gasteiger partial charge in [0.25, 0.3) is 0 Å². The lowest BCUT2D eigenvalue weighted by Gasteiger charge is -2.38. The maximum Gasteiger partial charge on any atom is 0.335 e. The highest BCUT2D eigenvalue weighted by atomic mass is 16.4. The van der Waals surface area contributed by atoms with E-state index in [0.29, 0.717) is 5.56 Å². The third kappa shape index (κ3) is 2.62. The van der Waals surface area contributed by atoms with E-state index in [4.69, 9.17) is 0 Å². The molecule has 1 atom stereocenters. The minimum Gasteiger partial charge on any atom is -0.478 e. The van der Waals surface area contributed by atoms with Gasteiger partial charge in [0, 0.05) is 0 Å². The second-order valence-electron chi connectivity index (χ2n) is 7.70. The van der Waals surface area contributed by atoms with E-state index in [2.05, 4.69) is 50.2 Å². The van der Waals surface area contributed by atoms with Gasteiger partial charge in [-0.05, 0) is 57.7 Å². The molecule has 0 fully saturated rings. The number of fused-ring (bicyclic) bond motifs is 2. The topological polar surface area (TPSA) is 37.3 Å². The first kappa shape index (κ1) is 15.9. The lowest BCUT2D eigenvalue weighted by molar-refractivity contribution is 0.0695. The van der Waals surface area contributed by atoms with Crippen LogP contribution in [0.5, 0.6) is 0 Å². The van der Waals surface area contributed by atoms with Gasteiger partial charge in [0.15, 0.2) is 0 Å². The van der Waals surface area contributed by atoms with Crippen LogP contribution in [0.1, 0.15) is 53.2 Å². The first-order valence-electron chi connectivity index (χ1n) is 8.81. The summed E-state index contributed by atoms with van der Waals surface area (Å²) >= 11 is 0. The predicted octanol–water partition coefficient (Wildman–Crippen LogP) is 5.55. The fourth-order valence-corrected chi connectivity index (χ4v) is 4.55. The van der Waals surface area contributed by atoms with Crippen LogP contribution < -0.4 is 0 Å². The molecule has 1 unspecified atom stereocenters. The fraction of sp³-hybridized carbons (Fsp3) is 0.261. The molecule has 0 heterocycles. The summed E-state index contributed by atoms with van der Waals surface area (Å²) in [6.07, 6.45) is 1.85. The minimum atomic E-state index is -0.836. The largest absolute Gasteiger partial charge is 0.478 e. The van der Waals surface area contributed by atoms with Gasteiger partial charge in [0.2, 0.25) is 0 Å². The van der Waals surface area contributed by atoms with Gasteiger partial charge in [-0.25, -0.2) is 4.79 Å². The zero-order valence-corrected chi connectivity index (χ0v) is 14.6. The molecule has 2 heteroatoms. The Morgan fingerprint density at radius 1 is 1.00 bits per heavy atom. The number of rotatable bonds is 2. The van der Waals surface area contributed by atoms with Crippen LogP contribution in [-0.2, 0) is 11.8 Å². The van der Waals surface area contributed by atoms with Crippen molar-refractivity contribution in [3.8, 4) is 0 Å². The summed E-state index contributed by atoms with van der Waals surface area (Å²) in [5, 5.41) is 12.0. The second kappa shape index (κ2) is 5.73. The molecular formula is C23H22O2. The number of hydrogen-bond donors (Lipinski definition) is 1. The Morgan fingerprint density at radius 2 is 1.72 bits per heavy atom. The van der Waals surface area contributed by atoms with Crippen LogP contribution in [-0.4, -0.2) is 11.1 Å². The van der Waals surface area contributed by atoms with Gasteiger partial charge >= 0.3 is 5.97 Å². The SMILES string of the molecule is CC1(C)CC(c2c(C(=O)O)ccc3ccccc23)Cc2ccccc21. The number of carboxylic acids is 1. The molecule has 0 aliphatic heterocycles. The molecule has 1 N–H and O–H groups in total. The Hall–Kier alpha value is -2.61. The molecule has 0 saturated heterocycles. The van der Waals surface area contributed by atoms with Gasteiger partial charge in [0.1, 0.15) is 0 Å². The standard InChI is InChI=1S/C23H22O2/c1-23(2)14-17(13-16-8-4-6-10-20(16)23)21-18-9-5-3-7-15(18)11-12-19(21)22(24)25/h3-12,17H,13-14H2,1-2H3,(H,24,25). The van der Waals surface area contributed by atoms with Crippen LogP contribution in [0.2, 0.25) is 0 Å². The van der Waals surface area contributed by atoms with Crippen molar-refractivity contribution in [3.05, 3.63) is 82.9 Å². The molecule has 3 aromatic rings. The van der Waals surface area contributed by atoms with E-state index in [0.717, 1.165) is 29.2 Å². The Balaban J connectivity index is 1.93. The maximum atomic E-state index is 11.9. The van der Waals surface area contributed by atoms with Gasteiger partial charge in [-0.15, -0.1) is 0 Å². The average Bonchev–Trinajstić information content (AvgIpc) is 2.60. The predicted molar refractivity (Wildman–Crippen MR) is 101 cm³/mol. The molecule has 0 amide bonds. The number of carboxylic acid groups (broad SMARTS) is 1. The van der Waals surface area contributed by atoms with Crippen LogP contribution in [0.25, 0.3) is 10.8 Å². The molecule has 2 nitrogen and oxygen atoms in total. The average molecular weight is 330 g/mol. The summed E-state index contributed by atoms with van der Waals surface area (Å²) in [6, 6.07) is 20.4. The molecule has 25 heavy (non-hydrogen) atoms. The lowest BCUT2D eigenvalue weighted by Crippen LogP contribution is -2.29. The summed E-state index contributed by atoms with van der Waals surface area (Å²) < 4.78 is 0. The van der Waals surface area contributed by atoms with Crippen molar-refractivity contribution in [1.29, 1.82) is 0 Å². The monoisotopic (exact) mass is 330 g/mol. The molecule has 0 radical (unpaired) electrons. The van der Waals surface area contributed by atoms with Crippen molar-refractivity contribution in [3.63, 3.8) is 0 Å². The lowest BCUT2D eigenvalue weighted by atomic mass is 9.66. The van der Waals surface area contributed by atoms with Gasteiger partial charge < -0.3 is 5.11 Å². The van der Waals surface area contributed by atoms with Gasteiger partial charge in [-0.3, -0.25) is 0 Å². The highest BCUT2D eigenvalue weighted by Gasteiger charge is 2.35. The first-order valence-corrected chi connectivity index (χ1v) is 8.81. The minimum absolute atomic E-state index is 0.0340. The number of benzene rings is 3. The van der Waals surface area contributed by atoms with Crippen LogP contribution in [0.3, 0.4) is 0 Å². The van der Waals surface area contributed by atoms with Crippen molar-refractivity contribution >= 4 is 16.7 Å². The van der Waals surface area contributed by atoms with Crippen LogP contribution in [0.15, 0.2) is 60.7 Å². The molecule has 0 aromatic heterocycles. The maximum absolute atomic E-state index is 11.9. The van der Waals surface area contributed by atoms with Crippen molar-refractivity contribution in [2.24, 2.45) is 0 Å². The van der Waals surface area contributed by atoms with Gasteiger partial charge in [-0.1, -0.05) is 68.4 Å². The van der Waals surface area contributed by atoms with E-state index in [-0.39, 0.29) is 11.3 Å². The summed E-state index contributed by atoms with van der Waals surface area (Å²) in [7, 11) is 0. The smallest absolute Gasteiger partial charge is 0.335 e. The Labute approximate surface area is 148 Å². The highest BCUT2D eigenvalue weighted by Crippen LogP contribution is 2.45. The van der Waals surface area contributed by atoms with Gasteiger partial charge in [0.05, 0.1) is 5.56 Å². The molecule has 0 saturated carbocycles. The molecule has 126 valence electrons. The van der Waals surface area contributed by atoms with E-state index >= 15 is 0 Å². The third-order valence-corrected chi connectivity index (χ3v) is 5.58. The van der Waals surface area contributed by atoms with E-state index in [1.54, 1.807) is 6.07 Å². The van der Waals surface area contributed by atoms with Crippen LogP contribution >= 0.6 is 0 Å². The molecule has 4 rings (SSSR count). The molecule has 3 aromatic carbocycles. The number of carbonyl (C=O) groups is 1. The third-order valence-electron chi connectivity index (χ3n) is 5.58. The molecular weight excluding hydrogens is 308 g/mol. The summed E-state index contributed by atoms with van der Waals surface area (Å²) in [5.41, 5.74) is 4.20. The Kier molecular flexibility index (Phi) is 3.64. The number of hydrogen-bond acceptors (Lipinski definition) is 1. The quantitative estimate of drug-likeness (QED) is 0.669. The van der Waals surface area contributed by atoms with Crippen molar-refractivity contribution in [2.45, 2.75) is 38.0 Å². The van der Waals surface area contributed by atoms with Crippen LogP contribution in [0, 0.1) is 0 Å². The van der Waals surface area contributed by atoms with Crippen LogP contribution in [0.4, 0.5) is 0 Å². The zero-order chi connectivity index (χ0) is 17.6. The summed E-state index contributed by atoms with van der Waals surface area (Å²) in [5.74, 6) is -0.625. The van der Waals surface area contributed by atoms with E-state index < -0.39 is 5.97 Å². The van der Waals surface area contributed by atoms with Gasteiger partial charge in [-0.2, -0.15) is 0 Å². The summed E-state index contributed by atoms with van der Waals surface area (Å²) in [6.45, 7) is 4.53. The zero-order valence-electron chi connectivity index (χ0n) is 14.6. The molecule has 1 aliphatic rings. The molecule has 1 aliphatic carbocycles. The molecule has 0 bridgehead atoms. The van der Waals surface area contributed by atoms with Crippen molar-refractivity contribution < 1.29 is 9.90 Å². The highest BCUT2D eigenvalue weighted by molar-refractivity contribution is 5.98.